The van der Waals surface area contributed by atoms with Crippen molar-refractivity contribution in [2.75, 3.05) is 39.6 Å². The molecule has 0 aliphatic carbocycles. The van der Waals surface area contributed by atoms with E-state index in [1.54, 1.807) is 0 Å². The van der Waals surface area contributed by atoms with Crippen molar-refractivity contribution in [2.45, 2.75) is 529 Å². The van der Waals surface area contributed by atoms with Gasteiger partial charge in [0.25, 0.3) is 0 Å². The first kappa shape index (κ1) is 112. The number of hydrogen-bond donors (Lipinski definition) is 3. The summed E-state index contributed by atoms with van der Waals surface area (Å²) in [5.74, 6) is 0.252. The Morgan fingerprint density at radius 2 is 0.404 bits per heavy atom. The largest absolute Gasteiger partial charge is 0.472 e. The maximum Gasteiger partial charge on any atom is 0.472 e. The summed E-state index contributed by atoms with van der Waals surface area (Å²) in [5, 5.41) is 10.7. The van der Waals surface area contributed by atoms with Crippen LogP contribution in [0.4, 0.5) is 0 Å². The van der Waals surface area contributed by atoms with E-state index in [-0.39, 0.29) is 25.7 Å². The number of hydrogen-bond acceptors (Lipinski definition) is 15. The maximum absolute atomic E-state index is 13.2. The van der Waals surface area contributed by atoms with Gasteiger partial charge >= 0.3 is 39.5 Å². The van der Waals surface area contributed by atoms with Crippen LogP contribution in [0.1, 0.15) is 511 Å². The summed E-state index contributed by atoms with van der Waals surface area (Å²) in [6.07, 6.45) is 79.6. The molecule has 2 unspecified atom stereocenters. The van der Waals surface area contributed by atoms with Crippen molar-refractivity contribution in [1.82, 2.24) is 0 Å². The van der Waals surface area contributed by atoms with Crippen LogP contribution in [0.2, 0.25) is 0 Å². The Hall–Kier alpha value is -1.94. The fourth-order valence-corrected chi connectivity index (χ4v) is 16.5. The Bertz CT molecular complexity index is 2180. The van der Waals surface area contributed by atoms with Crippen LogP contribution in [0.25, 0.3) is 0 Å². The van der Waals surface area contributed by atoms with E-state index in [2.05, 4.69) is 48.5 Å². The molecule has 114 heavy (non-hydrogen) atoms. The van der Waals surface area contributed by atoms with E-state index in [1.165, 1.54) is 315 Å². The topological polar surface area (TPSA) is 237 Å². The second-order valence-corrected chi connectivity index (χ2v) is 38.4. The Labute approximate surface area is 702 Å². The van der Waals surface area contributed by atoms with Gasteiger partial charge in [-0.2, -0.15) is 0 Å². The zero-order valence-corrected chi connectivity index (χ0v) is 77.4. The summed E-state index contributed by atoms with van der Waals surface area (Å²) in [6.45, 7) is 12.0. The predicted octanol–water partition coefficient (Wildman–Crippen LogP) is 29.6. The lowest BCUT2D eigenvalue weighted by Gasteiger charge is -2.21. The molecule has 0 spiro atoms. The van der Waals surface area contributed by atoms with Gasteiger partial charge in [-0.25, -0.2) is 9.13 Å². The van der Waals surface area contributed by atoms with Crippen LogP contribution in [-0.4, -0.2) is 96.7 Å². The normalized spacial score (nSPS) is 13.7. The number of rotatable bonds is 93. The third-order valence-corrected chi connectivity index (χ3v) is 24.3. The third kappa shape index (κ3) is 87.9. The van der Waals surface area contributed by atoms with Crippen molar-refractivity contribution >= 4 is 39.5 Å². The molecule has 0 rings (SSSR count). The summed E-state index contributed by atoms with van der Waals surface area (Å²) >= 11 is 0. The molecule has 0 aromatic heterocycles. The van der Waals surface area contributed by atoms with Crippen molar-refractivity contribution in [2.24, 2.45) is 17.8 Å². The van der Waals surface area contributed by atoms with E-state index < -0.39 is 97.5 Å². The summed E-state index contributed by atoms with van der Waals surface area (Å²) in [4.78, 5) is 73.5. The average molecular weight is 1660 g/mol. The van der Waals surface area contributed by atoms with Gasteiger partial charge in [0.15, 0.2) is 12.2 Å². The van der Waals surface area contributed by atoms with E-state index in [0.29, 0.717) is 31.6 Å². The predicted molar refractivity (Wildman–Crippen MR) is 474 cm³/mol. The van der Waals surface area contributed by atoms with E-state index in [9.17, 15) is 43.2 Å². The molecule has 0 aromatic carbocycles. The molecule has 678 valence electrons. The first-order valence-electron chi connectivity index (χ1n) is 48.8. The molecule has 17 nitrogen and oxygen atoms in total. The fourth-order valence-electron chi connectivity index (χ4n) is 15.0. The standard InChI is InChI=1S/C95H186O17P2/c1-8-9-10-11-12-13-14-15-16-17-18-19-20-21-29-34-39-44-49-56-64-71-78-94(99)111-90(82-105-92(97)76-69-62-55-48-43-38-33-28-24-22-26-31-36-41-46-52-59-66-73-86(2)3)84-109-113(101,102)107-80-89(96)81-108-114(103,104)110-85-91(83-106-93(98)77-70-63-58-51-54-61-68-75-88(6)7)112-95(100)79-72-65-57-50-45-40-35-30-25-23-27-32-37-42-47-53-60-67-74-87(4)5/h86-91,96H,8-85H2,1-7H3,(H,101,102)(H,103,104)/t89-,90-,91-/m1/s1. The number of aliphatic hydroxyl groups is 1. The average Bonchev–Trinajstić information content (AvgIpc) is 0.898. The number of unbranched alkanes of at least 4 members (excludes halogenated alkanes) is 61. The number of carbonyl (C=O) groups excluding carboxylic acids is 4. The molecular weight excluding hydrogens is 1470 g/mol. The maximum atomic E-state index is 13.2. The van der Waals surface area contributed by atoms with Crippen LogP contribution in [-0.2, 0) is 65.4 Å². The number of aliphatic hydroxyl groups excluding tert-OH is 1. The van der Waals surface area contributed by atoms with Crippen molar-refractivity contribution in [1.29, 1.82) is 0 Å². The minimum Gasteiger partial charge on any atom is -0.462 e. The zero-order valence-electron chi connectivity index (χ0n) is 75.6. The molecule has 0 fully saturated rings. The van der Waals surface area contributed by atoms with E-state index in [0.717, 1.165) is 108 Å². The van der Waals surface area contributed by atoms with Crippen LogP contribution in [0, 0.1) is 17.8 Å². The van der Waals surface area contributed by atoms with E-state index in [4.69, 9.17) is 37.0 Å². The first-order chi connectivity index (χ1) is 55.2. The highest BCUT2D eigenvalue weighted by molar-refractivity contribution is 7.47. The monoisotopic (exact) mass is 1660 g/mol. The number of ether oxygens (including phenoxy) is 4. The Morgan fingerprint density at radius 3 is 0.596 bits per heavy atom. The van der Waals surface area contributed by atoms with Crippen LogP contribution in [0.5, 0.6) is 0 Å². The fraction of sp³-hybridized carbons (Fsp3) is 0.958. The van der Waals surface area contributed by atoms with Gasteiger partial charge in [-0.05, 0) is 43.4 Å². The summed E-state index contributed by atoms with van der Waals surface area (Å²) in [5.41, 5.74) is 0. The molecule has 0 aliphatic rings. The van der Waals surface area contributed by atoms with Gasteiger partial charge < -0.3 is 33.8 Å². The quantitative estimate of drug-likeness (QED) is 0.0222. The molecule has 5 atom stereocenters. The summed E-state index contributed by atoms with van der Waals surface area (Å²) < 4.78 is 69.1. The molecule has 3 N–H and O–H groups in total. The van der Waals surface area contributed by atoms with Gasteiger partial charge in [0.2, 0.25) is 0 Å². The molecule has 0 amide bonds. The smallest absolute Gasteiger partial charge is 0.462 e. The molecule has 0 aromatic rings. The minimum atomic E-state index is -4.97. The van der Waals surface area contributed by atoms with Gasteiger partial charge in [0.05, 0.1) is 26.4 Å². The lowest BCUT2D eigenvalue weighted by molar-refractivity contribution is -0.161. The van der Waals surface area contributed by atoms with Crippen LogP contribution in [0.3, 0.4) is 0 Å². The third-order valence-electron chi connectivity index (χ3n) is 22.4. The molecule has 0 radical (unpaired) electrons. The molecular formula is C95H186O17P2. The highest BCUT2D eigenvalue weighted by Gasteiger charge is 2.31. The molecule has 0 aliphatic heterocycles. The SMILES string of the molecule is CCCCCCCCCCCCCCCCCCCCCCCCC(=O)O[C@H](COC(=O)CCCCCCCCCCCCCCCCCCCCC(C)C)COP(=O)(O)OC[C@@H](O)COP(=O)(O)OC[C@@H](COC(=O)CCCCCCCCCC(C)C)OC(=O)CCCCCCCCCCCCCCCCCCCCC(C)C. The molecule has 19 heteroatoms. The van der Waals surface area contributed by atoms with Crippen molar-refractivity contribution < 1.29 is 80.2 Å². The van der Waals surface area contributed by atoms with Crippen LogP contribution in [0.15, 0.2) is 0 Å². The van der Waals surface area contributed by atoms with Crippen LogP contribution >= 0.6 is 15.6 Å². The molecule has 0 saturated heterocycles. The number of esters is 4. The summed E-state index contributed by atoms with van der Waals surface area (Å²) in [6, 6.07) is 0. The molecule has 0 saturated carbocycles. The van der Waals surface area contributed by atoms with Gasteiger partial charge in [-0.3, -0.25) is 37.3 Å². The first-order valence-corrected chi connectivity index (χ1v) is 51.8. The van der Waals surface area contributed by atoms with Gasteiger partial charge in [0, 0.05) is 25.7 Å². The van der Waals surface area contributed by atoms with Gasteiger partial charge in [-0.15, -0.1) is 0 Å². The number of phosphoric ester groups is 2. The van der Waals surface area contributed by atoms with Crippen molar-refractivity contribution in [3.63, 3.8) is 0 Å². The Morgan fingerprint density at radius 1 is 0.237 bits per heavy atom. The zero-order chi connectivity index (χ0) is 83.6. The highest BCUT2D eigenvalue weighted by atomic mass is 31.2. The number of carbonyl (C=O) groups is 4. The highest BCUT2D eigenvalue weighted by Crippen LogP contribution is 2.45. The van der Waals surface area contributed by atoms with Crippen molar-refractivity contribution in [3.05, 3.63) is 0 Å². The lowest BCUT2D eigenvalue weighted by Crippen LogP contribution is -2.30. The summed E-state index contributed by atoms with van der Waals surface area (Å²) in [7, 11) is -9.94. The van der Waals surface area contributed by atoms with Gasteiger partial charge in [0.1, 0.15) is 19.3 Å². The lowest BCUT2D eigenvalue weighted by atomic mass is 10.0. The van der Waals surface area contributed by atoms with Crippen LogP contribution < -0.4 is 0 Å². The second kappa shape index (κ2) is 84.7. The number of phosphoric acid groups is 2. The van der Waals surface area contributed by atoms with E-state index >= 15 is 0 Å². The van der Waals surface area contributed by atoms with Gasteiger partial charge in [-0.1, -0.05) is 459 Å². The Kier molecular flexibility index (Phi) is 83.2. The molecule has 0 bridgehead atoms. The Balaban J connectivity index is 5.20. The van der Waals surface area contributed by atoms with Crippen molar-refractivity contribution in [3.8, 4) is 0 Å². The second-order valence-electron chi connectivity index (χ2n) is 35.5. The minimum absolute atomic E-state index is 0.108. The van der Waals surface area contributed by atoms with E-state index in [1.807, 2.05) is 0 Å². The molecule has 0 heterocycles.